The van der Waals surface area contributed by atoms with Crippen LogP contribution in [0.3, 0.4) is 0 Å². The van der Waals surface area contributed by atoms with Crippen molar-refractivity contribution in [2.24, 2.45) is 0 Å². The van der Waals surface area contributed by atoms with Gasteiger partial charge in [0.25, 0.3) is 5.91 Å². The van der Waals surface area contributed by atoms with Crippen LogP contribution in [0.1, 0.15) is 27.5 Å². The van der Waals surface area contributed by atoms with E-state index >= 15 is 0 Å². The number of nitrogen functional groups attached to an aromatic ring is 1. The Morgan fingerprint density at radius 3 is 3.09 bits per heavy atom. The summed E-state index contributed by atoms with van der Waals surface area (Å²) in [4.78, 5) is 23.1. The molecule has 0 atom stereocenters. The molecule has 1 aliphatic rings. The first-order valence-electron chi connectivity index (χ1n) is 11.2. The van der Waals surface area contributed by atoms with Crippen molar-refractivity contribution >= 4 is 45.7 Å². The third-order valence-corrected chi connectivity index (χ3v) is 6.80. The fourth-order valence-electron chi connectivity index (χ4n) is 4.25. The van der Waals surface area contributed by atoms with E-state index in [9.17, 15) is 4.79 Å². The Bertz CT molecular complexity index is 1340. The zero-order valence-corrected chi connectivity index (χ0v) is 19.5. The van der Waals surface area contributed by atoms with Crippen molar-refractivity contribution in [1.29, 1.82) is 5.41 Å². The van der Waals surface area contributed by atoms with Crippen molar-refractivity contribution in [1.82, 2.24) is 14.9 Å². The van der Waals surface area contributed by atoms with Crippen LogP contribution in [0.4, 0.5) is 11.4 Å². The number of benzene rings is 2. The molecule has 0 aliphatic carbocycles. The Morgan fingerprint density at radius 2 is 2.21 bits per heavy atom. The molecular formula is C25H26N6O2S. The number of anilines is 2. The summed E-state index contributed by atoms with van der Waals surface area (Å²) in [5, 5.41) is 14.5. The van der Waals surface area contributed by atoms with E-state index < -0.39 is 0 Å². The van der Waals surface area contributed by atoms with Crippen LogP contribution in [0.25, 0.3) is 22.0 Å². The van der Waals surface area contributed by atoms with Crippen LogP contribution in [-0.2, 0) is 11.3 Å². The quantitative estimate of drug-likeness (QED) is 0.245. The minimum atomic E-state index is -0.318. The van der Waals surface area contributed by atoms with Gasteiger partial charge in [0.1, 0.15) is 10.7 Å². The van der Waals surface area contributed by atoms with E-state index in [1.54, 1.807) is 5.38 Å². The van der Waals surface area contributed by atoms with E-state index in [0.29, 0.717) is 29.2 Å². The van der Waals surface area contributed by atoms with Gasteiger partial charge in [0.05, 0.1) is 18.8 Å². The number of aromatic nitrogens is 2. The number of H-pyrrole nitrogens is 1. The molecule has 3 heterocycles. The fraction of sp³-hybridized carbons (Fsp3) is 0.240. The predicted octanol–water partition coefficient (Wildman–Crippen LogP) is 4.35. The molecule has 1 amide bonds. The molecule has 0 radical (unpaired) electrons. The number of aromatic amines is 1. The number of carbonyl (C=O) groups excluding carboxylic acids is 1. The molecular weight excluding hydrogens is 448 g/mol. The molecule has 9 heteroatoms. The molecule has 0 bridgehead atoms. The Balaban J connectivity index is 1.39. The number of hydrogen-bond acceptors (Lipinski definition) is 7. The summed E-state index contributed by atoms with van der Waals surface area (Å²) in [6.07, 6.45) is 4.06. The summed E-state index contributed by atoms with van der Waals surface area (Å²) >= 11 is 1.48. The first-order valence-corrected chi connectivity index (χ1v) is 12.1. The van der Waals surface area contributed by atoms with Gasteiger partial charge in [0.2, 0.25) is 0 Å². The van der Waals surface area contributed by atoms with Gasteiger partial charge < -0.3 is 26.2 Å². The molecule has 4 aromatic rings. The number of nitrogens with zero attached hydrogens (tertiary/aromatic N) is 2. The second-order valence-corrected chi connectivity index (χ2v) is 9.18. The van der Waals surface area contributed by atoms with E-state index in [1.807, 2.05) is 42.6 Å². The molecule has 1 aliphatic heterocycles. The third-order valence-electron chi connectivity index (χ3n) is 5.97. The van der Waals surface area contributed by atoms with Gasteiger partial charge >= 0.3 is 0 Å². The van der Waals surface area contributed by atoms with Crippen molar-refractivity contribution in [3.63, 3.8) is 0 Å². The lowest BCUT2D eigenvalue weighted by Crippen LogP contribution is -2.25. The first-order chi connectivity index (χ1) is 16.6. The van der Waals surface area contributed by atoms with Crippen LogP contribution >= 0.6 is 11.3 Å². The molecule has 8 nitrogen and oxygen atoms in total. The van der Waals surface area contributed by atoms with E-state index in [1.165, 1.54) is 17.6 Å². The van der Waals surface area contributed by atoms with Crippen LogP contribution in [0, 0.1) is 5.41 Å². The van der Waals surface area contributed by atoms with Gasteiger partial charge in [-0.3, -0.25) is 9.69 Å². The number of amides is 1. The molecule has 5 N–H and O–H groups in total. The molecule has 2 aromatic heterocycles. The summed E-state index contributed by atoms with van der Waals surface area (Å²) in [5.74, 6) is -0.318. The highest BCUT2D eigenvalue weighted by Crippen LogP contribution is 2.34. The van der Waals surface area contributed by atoms with Gasteiger partial charge in [-0.25, -0.2) is 4.98 Å². The predicted molar refractivity (Wildman–Crippen MR) is 137 cm³/mol. The van der Waals surface area contributed by atoms with Crippen molar-refractivity contribution in [2.45, 2.75) is 13.0 Å². The lowest BCUT2D eigenvalue weighted by atomic mass is 9.98. The van der Waals surface area contributed by atoms with Crippen molar-refractivity contribution < 1.29 is 9.53 Å². The molecule has 0 saturated carbocycles. The largest absolute Gasteiger partial charge is 0.398 e. The molecule has 2 aromatic carbocycles. The number of nitrogens with one attached hydrogen (secondary N) is 3. The number of rotatable bonds is 6. The maximum atomic E-state index is 13.1. The second-order valence-electron chi connectivity index (χ2n) is 8.24. The van der Waals surface area contributed by atoms with Crippen LogP contribution in [0.5, 0.6) is 0 Å². The second kappa shape index (κ2) is 9.76. The Kier molecular flexibility index (Phi) is 6.39. The number of nitrogens with two attached hydrogens (primary N) is 1. The van der Waals surface area contributed by atoms with Gasteiger partial charge in [-0.1, -0.05) is 12.1 Å². The Morgan fingerprint density at radius 1 is 1.29 bits per heavy atom. The summed E-state index contributed by atoms with van der Waals surface area (Å²) in [6.45, 7) is 4.04. The van der Waals surface area contributed by atoms with Crippen LogP contribution in [0.2, 0.25) is 0 Å². The summed E-state index contributed by atoms with van der Waals surface area (Å²) < 4.78 is 5.51. The average molecular weight is 475 g/mol. The lowest BCUT2D eigenvalue weighted by molar-refractivity contribution is 0.102. The van der Waals surface area contributed by atoms with Gasteiger partial charge in [-0.05, 0) is 41.8 Å². The monoisotopic (exact) mass is 474 g/mol. The topological polar surface area (TPSA) is 120 Å². The van der Waals surface area contributed by atoms with Gasteiger partial charge in [-0.15, -0.1) is 11.3 Å². The van der Waals surface area contributed by atoms with Gasteiger partial charge in [0, 0.05) is 59.6 Å². The minimum Gasteiger partial charge on any atom is -0.398 e. The minimum absolute atomic E-state index is 0.318. The first kappa shape index (κ1) is 22.3. The molecule has 5 rings (SSSR count). The molecule has 0 unspecified atom stereocenters. The number of hydrogen-bond donors (Lipinski definition) is 4. The van der Waals surface area contributed by atoms with E-state index in [0.717, 1.165) is 59.8 Å². The van der Waals surface area contributed by atoms with Crippen molar-refractivity contribution in [2.75, 3.05) is 37.4 Å². The number of ether oxygens (including phenoxy) is 1. The van der Waals surface area contributed by atoms with Crippen LogP contribution in [0.15, 0.2) is 48.0 Å². The Labute approximate surface area is 201 Å². The zero-order valence-electron chi connectivity index (χ0n) is 18.6. The lowest BCUT2D eigenvalue weighted by Gasteiger charge is -2.16. The van der Waals surface area contributed by atoms with Crippen LogP contribution in [-0.4, -0.2) is 53.3 Å². The molecule has 1 saturated heterocycles. The highest BCUT2D eigenvalue weighted by atomic mass is 32.1. The molecule has 174 valence electrons. The number of carbonyl (C=O) groups is 1. The fourth-order valence-corrected chi connectivity index (χ4v) is 5.07. The van der Waals surface area contributed by atoms with E-state index in [-0.39, 0.29) is 5.91 Å². The van der Waals surface area contributed by atoms with Gasteiger partial charge in [-0.2, -0.15) is 0 Å². The maximum absolute atomic E-state index is 13.1. The normalized spacial score (nSPS) is 14.7. The van der Waals surface area contributed by atoms with Crippen molar-refractivity contribution in [3.05, 3.63) is 64.2 Å². The van der Waals surface area contributed by atoms with E-state index in [4.69, 9.17) is 15.9 Å². The molecule has 0 spiro atoms. The van der Waals surface area contributed by atoms with Gasteiger partial charge in [0.15, 0.2) is 0 Å². The zero-order chi connectivity index (χ0) is 23.5. The van der Waals surface area contributed by atoms with Crippen LogP contribution < -0.4 is 11.1 Å². The van der Waals surface area contributed by atoms with Crippen molar-refractivity contribution in [3.8, 4) is 11.1 Å². The summed E-state index contributed by atoms with van der Waals surface area (Å²) in [7, 11) is 0. The summed E-state index contributed by atoms with van der Waals surface area (Å²) in [5.41, 5.74) is 10.9. The molecule has 34 heavy (non-hydrogen) atoms. The highest BCUT2D eigenvalue weighted by molar-refractivity contribution is 7.09. The average Bonchev–Trinajstić information content (AvgIpc) is 3.43. The molecule has 1 fully saturated rings. The summed E-state index contributed by atoms with van der Waals surface area (Å²) in [6, 6.07) is 11.7. The number of thiazole rings is 1. The van der Waals surface area contributed by atoms with E-state index in [2.05, 4.69) is 20.2 Å². The number of fused-ring (bicyclic) bond motifs is 1. The highest BCUT2D eigenvalue weighted by Gasteiger charge is 2.18. The smallest absolute Gasteiger partial charge is 0.275 e. The third kappa shape index (κ3) is 4.58. The maximum Gasteiger partial charge on any atom is 0.275 e. The standard InChI is InChI=1S/C25H26N6O2S/c26-13-19-20(27)11-16(17-3-1-4-21-18(17)5-6-28-21)12-22(19)30-25(32)23-15-34-24(29-23)14-31-7-2-9-33-10-8-31/h1,3-6,11-13,15,26,28H,2,7-10,14,27H2,(H,30,32). The Hall–Kier alpha value is -3.53. The SMILES string of the molecule is N=Cc1c(N)cc(-c2cccc3[nH]ccc23)cc1NC(=O)c1csc(CN2CCCOCC2)n1.